The summed E-state index contributed by atoms with van der Waals surface area (Å²) in [4.78, 5) is 27.5. The first-order chi connectivity index (χ1) is 17.2. The molecule has 6 nitrogen and oxygen atoms in total. The lowest BCUT2D eigenvalue weighted by molar-refractivity contribution is -0.118. The van der Waals surface area contributed by atoms with Crippen molar-refractivity contribution in [3.05, 3.63) is 86.7 Å². The van der Waals surface area contributed by atoms with Crippen LogP contribution in [0, 0.1) is 13.8 Å². The minimum absolute atomic E-state index is 0.173. The number of hydrogen-bond acceptors (Lipinski definition) is 6. The highest BCUT2D eigenvalue weighted by atomic mass is 79.9. The molecule has 9 heteroatoms. The van der Waals surface area contributed by atoms with Crippen molar-refractivity contribution < 1.29 is 19.1 Å². The van der Waals surface area contributed by atoms with Crippen molar-refractivity contribution in [2.45, 2.75) is 13.8 Å². The molecule has 1 heterocycles. The summed E-state index contributed by atoms with van der Waals surface area (Å²) in [5.41, 5.74) is 4.25. The molecule has 0 aromatic heterocycles. The van der Waals surface area contributed by atoms with Gasteiger partial charge in [-0.1, -0.05) is 63.7 Å². The zero-order valence-corrected chi connectivity index (χ0v) is 23.1. The third-order valence-corrected chi connectivity index (χ3v) is 7.19. The molecule has 0 saturated carbocycles. The number of ether oxygens (including phenoxy) is 2. The number of nitrogens with one attached hydrogen (secondary N) is 1. The normalized spacial score (nSPS) is 14.3. The van der Waals surface area contributed by atoms with E-state index in [0.29, 0.717) is 20.7 Å². The molecule has 4 rings (SSSR count). The number of thioether (sulfide) groups is 1. The van der Waals surface area contributed by atoms with Crippen molar-refractivity contribution in [2.24, 2.45) is 0 Å². The molecule has 2 amide bonds. The molecule has 0 unspecified atom stereocenters. The van der Waals surface area contributed by atoms with E-state index in [1.165, 1.54) is 23.8 Å². The van der Waals surface area contributed by atoms with Gasteiger partial charge in [0.2, 0.25) is 0 Å². The van der Waals surface area contributed by atoms with Gasteiger partial charge in [-0.05, 0) is 73.5 Å². The SMILES string of the molecule is COc1cc(/C=C2\SC(=S)N(c3ccc(C)cc3)C2=O)ccc1OCC(=O)Nc1ccc(Br)cc1C. The lowest BCUT2D eigenvalue weighted by Crippen LogP contribution is -2.27. The molecular formula is C27H23BrN2O4S2. The highest BCUT2D eigenvalue weighted by molar-refractivity contribution is 9.10. The van der Waals surface area contributed by atoms with Gasteiger partial charge >= 0.3 is 0 Å². The Morgan fingerprint density at radius 1 is 1.08 bits per heavy atom. The maximum absolute atomic E-state index is 13.0. The number of anilines is 2. The van der Waals surface area contributed by atoms with Crippen LogP contribution in [0.1, 0.15) is 16.7 Å². The second kappa shape index (κ2) is 11.3. The van der Waals surface area contributed by atoms with Crippen molar-refractivity contribution in [3.63, 3.8) is 0 Å². The lowest BCUT2D eigenvalue weighted by Gasteiger charge is -2.14. The summed E-state index contributed by atoms with van der Waals surface area (Å²) in [7, 11) is 1.52. The summed E-state index contributed by atoms with van der Waals surface area (Å²) in [6, 6.07) is 18.5. The van der Waals surface area contributed by atoms with Gasteiger partial charge in [-0.2, -0.15) is 0 Å². The number of halogens is 1. The van der Waals surface area contributed by atoms with Crippen LogP contribution in [0.15, 0.2) is 70.0 Å². The van der Waals surface area contributed by atoms with Crippen molar-refractivity contribution in [1.29, 1.82) is 0 Å². The van der Waals surface area contributed by atoms with E-state index in [-0.39, 0.29) is 18.4 Å². The van der Waals surface area contributed by atoms with Gasteiger partial charge in [0.05, 0.1) is 17.7 Å². The standard InChI is InChI=1S/C27H23BrN2O4S2/c1-16-4-8-20(9-5-16)30-26(32)24(36-27(30)35)14-18-6-11-22(23(13-18)33-3)34-15-25(31)29-21-10-7-19(28)12-17(21)2/h4-14H,15H2,1-3H3,(H,29,31)/b24-14-. The predicted molar refractivity (Wildman–Crippen MR) is 153 cm³/mol. The van der Waals surface area contributed by atoms with Crippen molar-refractivity contribution in [2.75, 3.05) is 23.9 Å². The summed E-state index contributed by atoms with van der Waals surface area (Å²) >= 11 is 10.1. The quantitative estimate of drug-likeness (QED) is 0.253. The molecule has 0 bridgehead atoms. The zero-order valence-electron chi connectivity index (χ0n) is 19.8. The van der Waals surface area contributed by atoms with E-state index >= 15 is 0 Å². The number of aryl methyl sites for hydroxylation is 2. The lowest BCUT2D eigenvalue weighted by atomic mass is 10.1. The monoisotopic (exact) mass is 582 g/mol. The van der Waals surface area contributed by atoms with Crippen LogP contribution < -0.4 is 19.7 Å². The Bertz CT molecular complexity index is 1370. The summed E-state index contributed by atoms with van der Waals surface area (Å²) in [5.74, 6) is 0.411. The van der Waals surface area contributed by atoms with E-state index < -0.39 is 0 Å². The minimum atomic E-state index is -0.286. The molecule has 36 heavy (non-hydrogen) atoms. The fraction of sp³-hybridized carbons (Fsp3) is 0.148. The van der Waals surface area contributed by atoms with Crippen LogP contribution in [0.25, 0.3) is 6.08 Å². The van der Waals surface area contributed by atoms with E-state index in [2.05, 4.69) is 21.2 Å². The van der Waals surface area contributed by atoms with Crippen LogP contribution in [-0.4, -0.2) is 29.9 Å². The highest BCUT2D eigenvalue weighted by Crippen LogP contribution is 2.37. The first-order valence-electron chi connectivity index (χ1n) is 11.0. The smallest absolute Gasteiger partial charge is 0.270 e. The molecule has 3 aromatic carbocycles. The number of benzene rings is 3. The average molecular weight is 584 g/mol. The fourth-order valence-electron chi connectivity index (χ4n) is 3.53. The number of carbonyl (C=O) groups excluding carboxylic acids is 2. The summed E-state index contributed by atoms with van der Waals surface area (Å²) in [6.07, 6.45) is 1.77. The number of carbonyl (C=O) groups is 2. The zero-order chi connectivity index (χ0) is 25.8. The molecule has 1 aliphatic heterocycles. The number of nitrogens with zero attached hydrogens (tertiary/aromatic N) is 1. The minimum Gasteiger partial charge on any atom is -0.493 e. The van der Waals surface area contributed by atoms with E-state index in [4.69, 9.17) is 21.7 Å². The first-order valence-corrected chi connectivity index (χ1v) is 13.0. The van der Waals surface area contributed by atoms with Crippen LogP contribution >= 0.6 is 39.9 Å². The van der Waals surface area contributed by atoms with Crippen LogP contribution in [0.4, 0.5) is 11.4 Å². The second-order valence-corrected chi connectivity index (χ2v) is 10.7. The Morgan fingerprint density at radius 3 is 2.53 bits per heavy atom. The Balaban J connectivity index is 1.45. The summed E-state index contributed by atoms with van der Waals surface area (Å²) in [5, 5.41) is 2.84. The predicted octanol–water partition coefficient (Wildman–Crippen LogP) is 6.50. The van der Waals surface area contributed by atoms with Gasteiger partial charge in [0.15, 0.2) is 22.4 Å². The second-order valence-electron chi connectivity index (χ2n) is 8.06. The Morgan fingerprint density at radius 2 is 1.83 bits per heavy atom. The number of hydrogen-bond donors (Lipinski definition) is 1. The molecule has 1 saturated heterocycles. The summed E-state index contributed by atoms with van der Waals surface area (Å²) < 4.78 is 12.6. The molecule has 0 radical (unpaired) electrons. The van der Waals surface area contributed by atoms with Crippen molar-refractivity contribution in [1.82, 2.24) is 0 Å². The molecule has 1 N–H and O–H groups in total. The molecule has 0 aliphatic carbocycles. The number of amides is 2. The molecule has 1 aliphatic rings. The van der Waals surface area contributed by atoms with Gasteiger partial charge in [0.1, 0.15) is 0 Å². The van der Waals surface area contributed by atoms with Gasteiger partial charge in [0, 0.05) is 10.2 Å². The van der Waals surface area contributed by atoms with Crippen LogP contribution in [0.2, 0.25) is 0 Å². The van der Waals surface area contributed by atoms with Crippen LogP contribution in [0.3, 0.4) is 0 Å². The van der Waals surface area contributed by atoms with Gasteiger partial charge < -0.3 is 14.8 Å². The molecule has 1 fully saturated rings. The first kappa shape index (κ1) is 25.9. The summed E-state index contributed by atoms with van der Waals surface area (Å²) in [6.45, 7) is 3.72. The van der Waals surface area contributed by atoms with Crippen LogP contribution in [0.5, 0.6) is 11.5 Å². The number of thiocarbonyl (C=S) groups is 1. The van der Waals surface area contributed by atoms with Crippen molar-refractivity contribution >= 4 is 73.5 Å². The Kier molecular flexibility index (Phi) is 8.13. The number of rotatable bonds is 7. The molecule has 184 valence electrons. The number of methoxy groups -OCH3 is 1. The maximum atomic E-state index is 13.0. The third-order valence-electron chi connectivity index (χ3n) is 5.39. The Hall–Kier alpha value is -3.14. The molecular weight excluding hydrogens is 560 g/mol. The molecule has 3 aromatic rings. The van der Waals surface area contributed by atoms with Gasteiger partial charge in [-0.15, -0.1) is 0 Å². The van der Waals surface area contributed by atoms with E-state index in [1.807, 2.05) is 56.3 Å². The largest absolute Gasteiger partial charge is 0.493 e. The Labute approximate surface area is 227 Å². The third kappa shape index (κ3) is 5.98. The molecule has 0 atom stereocenters. The van der Waals surface area contributed by atoms with Crippen molar-refractivity contribution in [3.8, 4) is 11.5 Å². The molecule has 0 spiro atoms. The highest BCUT2D eigenvalue weighted by Gasteiger charge is 2.33. The van der Waals surface area contributed by atoms with E-state index in [0.717, 1.165) is 32.5 Å². The fourth-order valence-corrected chi connectivity index (χ4v) is 5.30. The van der Waals surface area contributed by atoms with Crippen LogP contribution in [-0.2, 0) is 9.59 Å². The average Bonchev–Trinajstić information content (AvgIpc) is 3.13. The topological polar surface area (TPSA) is 67.9 Å². The van der Waals surface area contributed by atoms with E-state index in [1.54, 1.807) is 24.3 Å². The van der Waals surface area contributed by atoms with E-state index in [9.17, 15) is 9.59 Å². The van der Waals surface area contributed by atoms with Gasteiger partial charge in [0.25, 0.3) is 11.8 Å². The van der Waals surface area contributed by atoms with Gasteiger partial charge in [-0.3, -0.25) is 14.5 Å². The maximum Gasteiger partial charge on any atom is 0.270 e. The van der Waals surface area contributed by atoms with Gasteiger partial charge in [-0.25, -0.2) is 0 Å².